The molecule has 140 valence electrons. The van der Waals surface area contributed by atoms with Crippen LogP contribution in [0.5, 0.6) is 0 Å². The van der Waals surface area contributed by atoms with Crippen molar-refractivity contribution in [2.24, 2.45) is 0 Å². The van der Waals surface area contributed by atoms with E-state index in [1.54, 1.807) is 12.5 Å². The number of nitrogens with zero attached hydrogens (tertiary/aromatic N) is 5. The maximum Gasteiger partial charge on any atom is 0.134 e. The number of aryl methyl sites for hydroxylation is 1. The molecule has 3 heterocycles. The zero-order valence-electron chi connectivity index (χ0n) is 15.5. The van der Waals surface area contributed by atoms with Gasteiger partial charge in [0.25, 0.3) is 0 Å². The van der Waals surface area contributed by atoms with Gasteiger partial charge in [-0.05, 0) is 36.8 Å². The number of pyridine rings is 1. The van der Waals surface area contributed by atoms with Crippen LogP contribution in [-0.4, -0.2) is 21.5 Å². The van der Waals surface area contributed by atoms with Gasteiger partial charge in [0.05, 0.1) is 34.2 Å². The van der Waals surface area contributed by atoms with Crippen molar-refractivity contribution >= 4 is 23.1 Å². The maximum absolute atomic E-state index is 9.52. The van der Waals surface area contributed by atoms with Crippen LogP contribution in [0.4, 0.5) is 11.5 Å². The first kappa shape index (κ1) is 18.2. The Morgan fingerprint density at radius 1 is 1.21 bits per heavy atom. The molecule has 0 bridgehead atoms. The lowest BCUT2D eigenvalue weighted by atomic mass is 10.0. The number of rotatable bonds is 4. The second kappa shape index (κ2) is 7.83. The van der Waals surface area contributed by atoms with Crippen molar-refractivity contribution in [1.82, 2.24) is 15.0 Å². The van der Waals surface area contributed by atoms with E-state index in [0.29, 0.717) is 23.7 Å². The molecule has 0 radical (unpaired) electrons. The highest BCUT2D eigenvalue weighted by Crippen LogP contribution is 2.29. The first-order valence-corrected chi connectivity index (χ1v) is 9.44. The van der Waals surface area contributed by atoms with Gasteiger partial charge in [0, 0.05) is 31.3 Å². The van der Waals surface area contributed by atoms with Crippen LogP contribution in [0.3, 0.4) is 0 Å². The van der Waals surface area contributed by atoms with Gasteiger partial charge in [-0.15, -0.1) is 0 Å². The zero-order chi connectivity index (χ0) is 19.5. The molecule has 1 aliphatic rings. The van der Waals surface area contributed by atoms with E-state index in [1.165, 1.54) is 0 Å². The molecule has 0 spiro atoms. The number of halogens is 1. The Hall–Kier alpha value is -3.17. The van der Waals surface area contributed by atoms with E-state index in [4.69, 9.17) is 11.6 Å². The number of fused-ring (bicyclic) bond motifs is 1. The summed E-state index contributed by atoms with van der Waals surface area (Å²) in [5.41, 5.74) is 5.72. The van der Waals surface area contributed by atoms with Crippen LogP contribution in [0.1, 0.15) is 28.1 Å². The number of hydrogen-bond donors (Lipinski definition) is 1. The van der Waals surface area contributed by atoms with Crippen LogP contribution in [0, 0.1) is 18.3 Å². The van der Waals surface area contributed by atoms with Gasteiger partial charge in [-0.25, -0.2) is 9.97 Å². The number of nitriles is 1. The predicted molar refractivity (Wildman–Crippen MR) is 109 cm³/mol. The van der Waals surface area contributed by atoms with Gasteiger partial charge in [0.1, 0.15) is 18.2 Å². The predicted octanol–water partition coefficient (Wildman–Crippen LogP) is 3.88. The Bertz CT molecular complexity index is 1040. The Balaban J connectivity index is 1.58. The van der Waals surface area contributed by atoms with E-state index in [-0.39, 0.29) is 0 Å². The van der Waals surface area contributed by atoms with E-state index < -0.39 is 0 Å². The van der Waals surface area contributed by atoms with Crippen LogP contribution in [-0.2, 0) is 19.5 Å². The van der Waals surface area contributed by atoms with Crippen LogP contribution >= 0.6 is 11.6 Å². The van der Waals surface area contributed by atoms with E-state index in [1.807, 2.05) is 37.3 Å². The Morgan fingerprint density at radius 2 is 2.11 bits per heavy atom. The van der Waals surface area contributed by atoms with Crippen molar-refractivity contribution in [3.63, 3.8) is 0 Å². The lowest BCUT2D eigenvalue weighted by Gasteiger charge is -2.31. The topological polar surface area (TPSA) is 77.7 Å². The molecule has 1 N–H and O–H groups in total. The zero-order valence-corrected chi connectivity index (χ0v) is 16.2. The summed E-state index contributed by atoms with van der Waals surface area (Å²) in [6, 6.07) is 12.0. The van der Waals surface area contributed by atoms with Gasteiger partial charge < -0.3 is 10.2 Å². The SMILES string of the molecule is Cc1ccc(N2CCc3ncnc(NCc4ccc(Cl)cn4)c3C2)c(C#N)c1. The summed E-state index contributed by atoms with van der Waals surface area (Å²) in [5.74, 6) is 0.803. The standard InChI is InChI=1S/C21H19ClN6/c1-14-2-5-20(15(8-14)9-23)28-7-6-19-18(12-28)21(27-13-26-19)25-11-17-4-3-16(22)10-24-17/h2-5,8,10,13H,6-7,11-12H2,1H3,(H,25,26,27). The van der Waals surface area contributed by atoms with Crippen LogP contribution in [0.25, 0.3) is 0 Å². The van der Waals surface area contributed by atoms with Crippen molar-refractivity contribution in [3.05, 3.63) is 76.0 Å². The molecule has 3 aromatic rings. The summed E-state index contributed by atoms with van der Waals surface area (Å²) in [4.78, 5) is 15.4. The number of aromatic nitrogens is 3. The molecule has 0 atom stereocenters. The van der Waals surface area contributed by atoms with E-state index in [2.05, 4.69) is 31.2 Å². The normalized spacial score (nSPS) is 13.0. The van der Waals surface area contributed by atoms with Crippen LogP contribution in [0.15, 0.2) is 42.9 Å². The fraction of sp³-hybridized carbons (Fsp3) is 0.238. The molecule has 4 rings (SSSR count). The largest absolute Gasteiger partial charge is 0.366 e. The minimum absolute atomic E-state index is 0.550. The van der Waals surface area contributed by atoms with Crippen LogP contribution in [0.2, 0.25) is 5.02 Å². The molecule has 28 heavy (non-hydrogen) atoms. The lowest BCUT2D eigenvalue weighted by molar-refractivity contribution is 0.705. The Kier molecular flexibility index (Phi) is 5.09. The molecular weight excluding hydrogens is 372 g/mol. The highest BCUT2D eigenvalue weighted by atomic mass is 35.5. The van der Waals surface area contributed by atoms with Gasteiger partial charge in [-0.1, -0.05) is 17.7 Å². The number of nitrogens with one attached hydrogen (secondary N) is 1. The number of anilines is 2. The molecule has 0 fully saturated rings. The lowest BCUT2D eigenvalue weighted by Crippen LogP contribution is -2.32. The summed E-state index contributed by atoms with van der Waals surface area (Å²) in [6.07, 6.45) is 4.04. The molecule has 1 aromatic carbocycles. The molecule has 7 heteroatoms. The smallest absolute Gasteiger partial charge is 0.134 e. The van der Waals surface area contributed by atoms with Gasteiger partial charge in [0.15, 0.2) is 0 Å². The van der Waals surface area contributed by atoms with Gasteiger partial charge in [-0.2, -0.15) is 5.26 Å². The van der Waals surface area contributed by atoms with Crippen molar-refractivity contribution in [1.29, 1.82) is 5.26 Å². The second-order valence-corrected chi connectivity index (χ2v) is 7.21. The van der Waals surface area contributed by atoms with Crippen molar-refractivity contribution in [3.8, 4) is 6.07 Å². The quantitative estimate of drug-likeness (QED) is 0.728. The third kappa shape index (κ3) is 3.75. The van der Waals surface area contributed by atoms with E-state index >= 15 is 0 Å². The average molecular weight is 391 g/mol. The molecule has 0 unspecified atom stereocenters. The summed E-state index contributed by atoms with van der Waals surface area (Å²) in [5, 5.41) is 13.5. The van der Waals surface area contributed by atoms with Crippen molar-refractivity contribution < 1.29 is 0 Å². The van der Waals surface area contributed by atoms with Crippen LogP contribution < -0.4 is 10.2 Å². The Labute approximate surface area is 168 Å². The molecule has 0 amide bonds. The molecule has 1 aliphatic heterocycles. The molecule has 0 saturated carbocycles. The van der Waals surface area contributed by atoms with Crippen molar-refractivity contribution in [2.45, 2.75) is 26.4 Å². The summed E-state index contributed by atoms with van der Waals surface area (Å²) in [7, 11) is 0. The minimum Gasteiger partial charge on any atom is -0.366 e. The van der Waals surface area contributed by atoms with E-state index in [9.17, 15) is 5.26 Å². The fourth-order valence-electron chi connectivity index (χ4n) is 3.40. The minimum atomic E-state index is 0.550. The summed E-state index contributed by atoms with van der Waals surface area (Å²) >= 11 is 5.90. The first-order valence-electron chi connectivity index (χ1n) is 9.07. The highest BCUT2D eigenvalue weighted by molar-refractivity contribution is 6.30. The number of benzene rings is 1. The summed E-state index contributed by atoms with van der Waals surface area (Å²) < 4.78 is 0. The average Bonchev–Trinajstić information content (AvgIpc) is 2.73. The van der Waals surface area contributed by atoms with Crippen molar-refractivity contribution in [2.75, 3.05) is 16.8 Å². The Morgan fingerprint density at radius 3 is 2.89 bits per heavy atom. The van der Waals surface area contributed by atoms with E-state index in [0.717, 1.165) is 47.0 Å². The first-order chi connectivity index (χ1) is 13.6. The second-order valence-electron chi connectivity index (χ2n) is 6.77. The monoisotopic (exact) mass is 390 g/mol. The third-order valence-corrected chi connectivity index (χ3v) is 5.06. The molecule has 0 aliphatic carbocycles. The highest BCUT2D eigenvalue weighted by Gasteiger charge is 2.23. The molecule has 6 nitrogen and oxygen atoms in total. The van der Waals surface area contributed by atoms with Gasteiger partial charge >= 0.3 is 0 Å². The third-order valence-electron chi connectivity index (χ3n) is 4.84. The molecule has 0 saturated heterocycles. The van der Waals surface area contributed by atoms with Gasteiger partial charge in [-0.3, -0.25) is 4.98 Å². The van der Waals surface area contributed by atoms with Gasteiger partial charge in [0.2, 0.25) is 0 Å². The number of hydrogen-bond acceptors (Lipinski definition) is 6. The molecular formula is C21H19ClN6. The maximum atomic E-state index is 9.52. The fourth-order valence-corrected chi connectivity index (χ4v) is 3.51. The summed E-state index contributed by atoms with van der Waals surface area (Å²) in [6.45, 7) is 4.02. The molecule has 2 aromatic heterocycles.